The first-order chi connectivity index (χ1) is 9.70. The van der Waals surface area contributed by atoms with E-state index in [-0.39, 0.29) is 35.5 Å². The van der Waals surface area contributed by atoms with E-state index in [2.05, 4.69) is 0 Å². The van der Waals surface area contributed by atoms with Gasteiger partial charge in [-0.1, -0.05) is 0 Å². The van der Waals surface area contributed by atoms with Crippen LogP contribution in [0.25, 0.3) is 0 Å². The summed E-state index contributed by atoms with van der Waals surface area (Å²) >= 11 is 0. The summed E-state index contributed by atoms with van der Waals surface area (Å²) < 4.78 is 37.6. The number of halogens is 2. The Bertz CT molecular complexity index is 514. The van der Waals surface area contributed by atoms with Crippen LogP contribution in [0.2, 0.25) is 0 Å². The van der Waals surface area contributed by atoms with Crippen LogP contribution < -0.4 is 15.2 Å². The van der Waals surface area contributed by atoms with Crippen molar-refractivity contribution in [1.29, 1.82) is 0 Å². The second kappa shape index (κ2) is 6.71. The molecule has 1 aromatic carbocycles. The summed E-state index contributed by atoms with van der Waals surface area (Å²) in [5.41, 5.74) is 5.72. The fraction of sp³-hybridized carbons (Fsp3) is 0.500. The second-order valence-electron chi connectivity index (χ2n) is 4.72. The van der Waals surface area contributed by atoms with Gasteiger partial charge < -0.3 is 20.3 Å². The summed E-state index contributed by atoms with van der Waals surface area (Å²) in [5.74, 6) is -3.72. The fourth-order valence-corrected chi connectivity index (χ4v) is 2.02. The molecule has 0 radical (unpaired) electrons. The van der Waals surface area contributed by atoms with Crippen LogP contribution in [-0.2, 0) is 10.7 Å². The minimum atomic E-state index is -3.13. The molecule has 0 aliphatic heterocycles. The lowest BCUT2D eigenvalue weighted by Gasteiger charge is -2.22. The van der Waals surface area contributed by atoms with Crippen LogP contribution in [-0.4, -0.2) is 25.3 Å². The quantitative estimate of drug-likeness (QED) is 0.809. The van der Waals surface area contributed by atoms with Crippen LogP contribution in [0, 0.1) is 0 Å². The van der Waals surface area contributed by atoms with E-state index in [1.807, 2.05) is 0 Å². The molecule has 0 heterocycles. The van der Waals surface area contributed by atoms with Crippen molar-refractivity contribution in [3.63, 3.8) is 0 Å². The Morgan fingerprint density at radius 2 is 1.86 bits per heavy atom. The number of hydrogen-bond donors (Lipinski definition) is 2. The van der Waals surface area contributed by atoms with Gasteiger partial charge in [-0.25, -0.2) is 8.78 Å². The van der Waals surface area contributed by atoms with Gasteiger partial charge in [0.15, 0.2) is 11.5 Å². The Morgan fingerprint density at radius 1 is 1.33 bits per heavy atom. The molecule has 0 aliphatic carbocycles. The van der Waals surface area contributed by atoms with Crippen molar-refractivity contribution in [3.05, 3.63) is 23.3 Å². The lowest BCUT2D eigenvalue weighted by Crippen LogP contribution is -2.19. The van der Waals surface area contributed by atoms with Gasteiger partial charge in [0, 0.05) is 24.9 Å². The average molecular weight is 303 g/mol. The zero-order valence-electron chi connectivity index (χ0n) is 12.2. The molecule has 0 saturated carbocycles. The first kappa shape index (κ1) is 17.2. The molecule has 7 heteroatoms. The highest BCUT2D eigenvalue weighted by atomic mass is 19.3. The van der Waals surface area contributed by atoms with Crippen LogP contribution in [0.15, 0.2) is 12.1 Å². The Morgan fingerprint density at radius 3 is 2.29 bits per heavy atom. The van der Waals surface area contributed by atoms with E-state index in [1.165, 1.54) is 26.4 Å². The van der Waals surface area contributed by atoms with Gasteiger partial charge in [0.05, 0.1) is 14.2 Å². The van der Waals surface area contributed by atoms with E-state index in [4.69, 9.17) is 20.3 Å². The average Bonchev–Trinajstić information content (AvgIpc) is 2.42. The first-order valence-electron chi connectivity index (χ1n) is 6.32. The largest absolute Gasteiger partial charge is 0.493 e. The number of carboxylic acid groups (broad SMARTS) is 1. The smallest absolute Gasteiger partial charge is 0.303 e. The molecule has 1 atom stereocenters. The van der Waals surface area contributed by atoms with Crippen molar-refractivity contribution in [2.24, 2.45) is 5.73 Å². The summed E-state index contributed by atoms with van der Waals surface area (Å²) in [4.78, 5) is 10.6. The molecule has 0 aliphatic rings. The summed E-state index contributed by atoms with van der Waals surface area (Å²) in [6.07, 6.45) is -0.155. The number of rotatable bonds is 7. The zero-order valence-corrected chi connectivity index (χ0v) is 12.2. The predicted octanol–water partition coefficient (Wildman–Crippen LogP) is 2.68. The van der Waals surface area contributed by atoms with E-state index >= 15 is 0 Å². The fourth-order valence-electron chi connectivity index (χ4n) is 2.02. The number of carboxylic acids is 1. The standard InChI is InChI=1S/C14H19F2NO4/c1-14(15,16)9-7-12(21-3)11(20-2)6-8(9)10(17)4-5-13(18)19/h6-7,10H,4-5,17H2,1-3H3,(H,18,19). The second-order valence-corrected chi connectivity index (χ2v) is 4.72. The normalized spacial score (nSPS) is 12.9. The molecule has 5 nitrogen and oxygen atoms in total. The number of benzene rings is 1. The summed E-state index contributed by atoms with van der Waals surface area (Å²) in [7, 11) is 2.73. The number of nitrogens with two attached hydrogens (primary N) is 1. The number of alkyl halides is 2. The van der Waals surface area contributed by atoms with Gasteiger partial charge in [-0.3, -0.25) is 4.79 Å². The lowest BCUT2D eigenvalue weighted by atomic mass is 9.93. The molecular weight excluding hydrogens is 284 g/mol. The lowest BCUT2D eigenvalue weighted by molar-refractivity contribution is -0.137. The molecule has 0 aromatic heterocycles. The maximum atomic E-state index is 13.8. The number of aliphatic carboxylic acids is 1. The van der Waals surface area contributed by atoms with Gasteiger partial charge in [0.25, 0.3) is 5.92 Å². The molecule has 1 rings (SSSR count). The summed E-state index contributed by atoms with van der Waals surface area (Å²) in [5, 5.41) is 8.67. The highest BCUT2D eigenvalue weighted by Crippen LogP contribution is 2.40. The maximum Gasteiger partial charge on any atom is 0.303 e. The Balaban J connectivity index is 3.29. The summed E-state index contributed by atoms with van der Waals surface area (Å²) in [6.45, 7) is 0.752. The SMILES string of the molecule is COc1cc(C(N)CCC(=O)O)c(C(C)(F)F)cc1OC. The molecular formula is C14H19F2NO4. The highest BCUT2D eigenvalue weighted by molar-refractivity contribution is 5.66. The molecule has 1 aromatic rings. The Labute approximate surface area is 121 Å². The van der Waals surface area contributed by atoms with Crippen molar-refractivity contribution in [1.82, 2.24) is 0 Å². The van der Waals surface area contributed by atoms with Gasteiger partial charge in [0.2, 0.25) is 0 Å². The first-order valence-corrected chi connectivity index (χ1v) is 6.32. The molecule has 1 unspecified atom stereocenters. The number of ether oxygens (including phenoxy) is 2. The third-order valence-corrected chi connectivity index (χ3v) is 3.10. The van der Waals surface area contributed by atoms with Gasteiger partial charge in [0.1, 0.15) is 0 Å². The van der Waals surface area contributed by atoms with Crippen LogP contribution in [0.3, 0.4) is 0 Å². The third-order valence-electron chi connectivity index (χ3n) is 3.10. The molecule has 0 bridgehead atoms. The van der Waals surface area contributed by atoms with Crippen LogP contribution in [0.5, 0.6) is 11.5 Å². The highest BCUT2D eigenvalue weighted by Gasteiger charge is 2.31. The number of hydrogen-bond acceptors (Lipinski definition) is 4. The van der Waals surface area contributed by atoms with E-state index in [1.54, 1.807) is 0 Å². The Hall–Kier alpha value is -1.89. The zero-order chi connectivity index (χ0) is 16.2. The minimum absolute atomic E-state index is 0.0495. The number of carbonyl (C=O) groups is 1. The predicted molar refractivity (Wildman–Crippen MR) is 72.9 cm³/mol. The molecule has 0 saturated heterocycles. The molecule has 3 N–H and O–H groups in total. The van der Waals surface area contributed by atoms with Gasteiger partial charge in [-0.2, -0.15) is 0 Å². The van der Waals surface area contributed by atoms with Crippen molar-refractivity contribution >= 4 is 5.97 Å². The van der Waals surface area contributed by atoms with E-state index in [0.717, 1.165) is 6.92 Å². The van der Waals surface area contributed by atoms with Gasteiger partial charge in [-0.05, 0) is 24.1 Å². The molecule has 0 fully saturated rings. The molecule has 0 spiro atoms. The van der Waals surface area contributed by atoms with Crippen LogP contribution >= 0.6 is 0 Å². The summed E-state index contributed by atoms with van der Waals surface area (Å²) in [6, 6.07) is 1.72. The van der Waals surface area contributed by atoms with Crippen LogP contribution in [0.1, 0.15) is 36.9 Å². The molecule has 118 valence electrons. The van der Waals surface area contributed by atoms with Crippen molar-refractivity contribution in [2.45, 2.75) is 31.7 Å². The topological polar surface area (TPSA) is 81.8 Å². The van der Waals surface area contributed by atoms with Crippen LogP contribution in [0.4, 0.5) is 8.78 Å². The third kappa shape index (κ3) is 4.29. The van der Waals surface area contributed by atoms with Gasteiger partial charge in [-0.15, -0.1) is 0 Å². The van der Waals surface area contributed by atoms with Crippen molar-refractivity contribution < 1.29 is 28.2 Å². The monoisotopic (exact) mass is 303 g/mol. The minimum Gasteiger partial charge on any atom is -0.493 e. The van der Waals surface area contributed by atoms with E-state index in [9.17, 15) is 13.6 Å². The molecule has 0 amide bonds. The van der Waals surface area contributed by atoms with Crippen molar-refractivity contribution in [2.75, 3.05) is 14.2 Å². The Kier molecular flexibility index (Phi) is 5.48. The number of methoxy groups -OCH3 is 2. The van der Waals surface area contributed by atoms with E-state index in [0.29, 0.717) is 0 Å². The van der Waals surface area contributed by atoms with E-state index < -0.39 is 17.9 Å². The van der Waals surface area contributed by atoms with Gasteiger partial charge >= 0.3 is 5.97 Å². The maximum absolute atomic E-state index is 13.8. The molecule has 21 heavy (non-hydrogen) atoms. The van der Waals surface area contributed by atoms with Crippen molar-refractivity contribution in [3.8, 4) is 11.5 Å².